The third-order valence-corrected chi connectivity index (χ3v) is 2.21. The van der Waals surface area contributed by atoms with Gasteiger partial charge in [-0.25, -0.2) is 0 Å². The summed E-state index contributed by atoms with van der Waals surface area (Å²) in [6, 6.07) is 1.84. The Morgan fingerprint density at radius 1 is 1.38 bits per heavy atom. The Morgan fingerprint density at radius 2 is 2.19 bits per heavy atom. The molecule has 0 amide bonds. The van der Waals surface area contributed by atoms with Crippen molar-refractivity contribution in [1.82, 2.24) is 21.1 Å². The summed E-state index contributed by atoms with van der Waals surface area (Å²) in [5, 5.41) is 13.9. The van der Waals surface area contributed by atoms with Crippen LogP contribution in [0, 0.1) is 0 Å². The average Bonchev–Trinajstić information content (AvgIpc) is 2.79. The molecule has 3 N–H and O–H groups in total. The lowest BCUT2D eigenvalue weighted by atomic mass is 10.4. The Kier molecular flexibility index (Phi) is 6.52. The molecule has 0 unspecified atom stereocenters. The molecule has 90 valence electrons. The van der Waals surface area contributed by atoms with E-state index >= 15 is 0 Å². The minimum atomic E-state index is 0.713. The summed E-state index contributed by atoms with van der Waals surface area (Å²) in [6.07, 6.45) is 2.64. The highest BCUT2D eigenvalue weighted by molar-refractivity contribution is 7.80. The van der Waals surface area contributed by atoms with Crippen LogP contribution in [0.3, 0.4) is 0 Å². The molecule has 16 heavy (non-hydrogen) atoms. The molecule has 0 fully saturated rings. The van der Waals surface area contributed by atoms with E-state index in [1.165, 1.54) is 0 Å². The molecule has 0 saturated carbocycles. The van der Waals surface area contributed by atoms with Gasteiger partial charge in [0.1, 0.15) is 6.26 Å². The largest absolute Gasteiger partial charge is 0.364 e. The molecule has 1 rings (SSSR count). The number of hydrogen-bond donors (Lipinski definition) is 3. The number of nitrogens with one attached hydrogen (secondary N) is 3. The quantitative estimate of drug-likeness (QED) is 0.482. The second-order valence-corrected chi connectivity index (χ2v) is 3.76. The van der Waals surface area contributed by atoms with Crippen molar-refractivity contribution < 1.29 is 4.52 Å². The molecule has 0 saturated heterocycles. The van der Waals surface area contributed by atoms with E-state index in [9.17, 15) is 0 Å². The standard InChI is InChI=1S/C10H18N4OS/c1-2-4-12-10(16)13-6-5-11-8-9-3-7-15-14-9/h3,7,11H,2,4-6,8H2,1H3,(H2,12,13,16). The van der Waals surface area contributed by atoms with Gasteiger partial charge in [-0.05, 0) is 18.6 Å². The van der Waals surface area contributed by atoms with Gasteiger partial charge in [-0.1, -0.05) is 12.1 Å². The number of nitrogens with zero attached hydrogens (tertiary/aromatic N) is 1. The van der Waals surface area contributed by atoms with Gasteiger partial charge in [0.05, 0.1) is 5.69 Å². The van der Waals surface area contributed by atoms with Crippen LogP contribution in [0.1, 0.15) is 19.0 Å². The van der Waals surface area contributed by atoms with Gasteiger partial charge in [0.2, 0.25) is 0 Å². The van der Waals surface area contributed by atoms with Gasteiger partial charge >= 0.3 is 0 Å². The maximum Gasteiger partial charge on any atom is 0.166 e. The Morgan fingerprint density at radius 3 is 2.88 bits per heavy atom. The normalized spacial score (nSPS) is 10.1. The Balaban J connectivity index is 1.93. The van der Waals surface area contributed by atoms with Crippen LogP contribution in [0.2, 0.25) is 0 Å². The molecule has 0 aromatic carbocycles. The molecule has 0 aliphatic heterocycles. The lowest BCUT2D eigenvalue weighted by molar-refractivity contribution is 0.408. The zero-order valence-corrected chi connectivity index (χ0v) is 10.3. The number of hydrogen-bond acceptors (Lipinski definition) is 4. The summed E-state index contributed by atoms with van der Waals surface area (Å²) in [7, 11) is 0. The lowest BCUT2D eigenvalue weighted by Gasteiger charge is -2.09. The molecule has 0 aliphatic carbocycles. The van der Waals surface area contributed by atoms with Crippen molar-refractivity contribution in [2.75, 3.05) is 19.6 Å². The Labute approximate surface area is 101 Å². The van der Waals surface area contributed by atoms with E-state index in [0.29, 0.717) is 11.7 Å². The van der Waals surface area contributed by atoms with Gasteiger partial charge in [0, 0.05) is 32.2 Å². The number of thiocarbonyl (C=S) groups is 1. The van der Waals surface area contributed by atoms with E-state index < -0.39 is 0 Å². The Hall–Kier alpha value is -1.14. The molecule has 5 nitrogen and oxygen atoms in total. The summed E-state index contributed by atoms with van der Waals surface area (Å²) in [5.41, 5.74) is 0.909. The van der Waals surface area contributed by atoms with Gasteiger partial charge in [0.15, 0.2) is 5.11 Å². The zero-order valence-electron chi connectivity index (χ0n) is 9.45. The van der Waals surface area contributed by atoms with Crippen molar-refractivity contribution in [3.8, 4) is 0 Å². The summed E-state index contributed by atoms with van der Waals surface area (Å²) in [6.45, 7) is 5.37. The van der Waals surface area contributed by atoms with Crippen LogP contribution in [-0.2, 0) is 6.54 Å². The highest BCUT2D eigenvalue weighted by Gasteiger charge is 1.95. The monoisotopic (exact) mass is 242 g/mol. The van der Waals surface area contributed by atoms with Gasteiger partial charge in [0.25, 0.3) is 0 Å². The van der Waals surface area contributed by atoms with Crippen LogP contribution >= 0.6 is 12.2 Å². The fraction of sp³-hybridized carbons (Fsp3) is 0.600. The first-order valence-electron chi connectivity index (χ1n) is 5.44. The van der Waals surface area contributed by atoms with Gasteiger partial charge in [-0.2, -0.15) is 0 Å². The minimum absolute atomic E-state index is 0.713. The van der Waals surface area contributed by atoms with Crippen molar-refractivity contribution in [2.24, 2.45) is 0 Å². The molecule has 0 spiro atoms. The topological polar surface area (TPSA) is 62.1 Å². The van der Waals surface area contributed by atoms with Crippen LogP contribution in [0.15, 0.2) is 16.9 Å². The van der Waals surface area contributed by atoms with E-state index in [2.05, 4.69) is 28.0 Å². The molecular weight excluding hydrogens is 224 g/mol. The number of aromatic nitrogens is 1. The number of rotatable bonds is 7. The first-order valence-corrected chi connectivity index (χ1v) is 5.85. The third-order valence-electron chi connectivity index (χ3n) is 1.92. The van der Waals surface area contributed by atoms with Gasteiger partial charge in [-0.15, -0.1) is 0 Å². The van der Waals surface area contributed by atoms with Crippen LogP contribution in [0.4, 0.5) is 0 Å². The van der Waals surface area contributed by atoms with E-state index in [-0.39, 0.29) is 0 Å². The SMILES string of the molecule is CCCNC(=S)NCCNCc1ccon1. The fourth-order valence-electron chi connectivity index (χ4n) is 1.11. The van der Waals surface area contributed by atoms with Crippen LogP contribution in [-0.4, -0.2) is 29.9 Å². The molecule has 1 aromatic rings. The van der Waals surface area contributed by atoms with Crippen LogP contribution in [0.5, 0.6) is 0 Å². The summed E-state index contributed by atoms with van der Waals surface area (Å²) in [4.78, 5) is 0. The van der Waals surface area contributed by atoms with Crippen molar-refractivity contribution in [3.05, 3.63) is 18.0 Å². The highest BCUT2D eigenvalue weighted by Crippen LogP contribution is 1.91. The average molecular weight is 242 g/mol. The van der Waals surface area contributed by atoms with Crippen molar-refractivity contribution in [1.29, 1.82) is 0 Å². The van der Waals surface area contributed by atoms with Crippen molar-refractivity contribution >= 4 is 17.3 Å². The van der Waals surface area contributed by atoms with Crippen molar-refractivity contribution in [3.63, 3.8) is 0 Å². The van der Waals surface area contributed by atoms with E-state index in [4.69, 9.17) is 16.7 Å². The van der Waals surface area contributed by atoms with Crippen LogP contribution in [0.25, 0.3) is 0 Å². The maximum atomic E-state index is 5.07. The maximum absolute atomic E-state index is 5.07. The molecule has 6 heteroatoms. The molecule has 0 aliphatic rings. The van der Waals surface area contributed by atoms with E-state index in [1.54, 1.807) is 6.26 Å². The smallest absolute Gasteiger partial charge is 0.166 e. The van der Waals surface area contributed by atoms with E-state index in [0.717, 1.165) is 31.7 Å². The van der Waals surface area contributed by atoms with Gasteiger partial charge < -0.3 is 20.5 Å². The Bertz CT molecular complexity index is 289. The highest BCUT2D eigenvalue weighted by atomic mass is 32.1. The predicted octanol–water partition coefficient (Wildman–Crippen LogP) is 0.638. The second kappa shape index (κ2) is 8.06. The zero-order chi connectivity index (χ0) is 11.6. The summed E-state index contributed by atoms with van der Waals surface area (Å²) >= 11 is 5.07. The first kappa shape index (κ1) is 12.9. The lowest BCUT2D eigenvalue weighted by Crippen LogP contribution is -2.39. The summed E-state index contributed by atoms with van der Waals surface area (Å²) in [5.74, 6) is 0. The predicted molar refractivity (Wildman–Crippen MR) is 67.1 cm³/mol. The molecule has 0 radical (unpaired) electrons. The molecule has 1 aromatic heterocycles. The molecule has 0 bridgehead atoms. The molecular formula is C10H18N4OS. The summed E-state index contributed by atoms with van der Waals surface area (Å²) < 4.78 is 4.72. The van der Waals surface area contributed by atoms with E-state index in [1.807, 2.05) is 6.07 Å². The molecule has 1 heterocycles. The first-order chi connectivity index (χ1) is 7.83. The van der Waals surface area contributed by atoms with Crippen LogP contribution < -0.4 is 16.0 Å². The van der Waals surface area contributed by atoms with Gasteiger partial charge in [-0.3, -0.25) is 0 Å². The fourth-order valence-corrected chi connectivity index (χ4v) is 1.31. The second-order valence-electron chi connectivity index (χ2n) is 3.35. The third kappa shape index (κ3) is 5.67. The van der Waals surface area contributed by atoms with Crippen molar-refractivity contribution in [2.45, 2.75) is 19.9 Å². The minimum Gasteiger partial charge on any atom is -0.364 e. The molecule has 0 atom stereocenters.